The molecule has 1 N–H and O–H groups in total. The van der Waals surface area contributed by atoms with Crippen molar-refractivity contribution in [1.82, 2.24) is 0 Å². The average Bonchev–Trinajstić information content (AvgIpc) is 2.82. The van der Waals surface area contributed by atoms with Gasteiger partial charge in [-0.1, -0.05) is 110 Å². The van der Waals surface area contributed by atoms with Gasteiger partial charge in [-0.2, -0.15) is 0 Å². The highest BCUT2D eigenvalue weighted by molar-refractivity contribution is 7.47. The molecule has 1 fully saturated rings. The van der Waals surface area contributed by atoms with Crippen molar-refractivity contribution >= 4 is 7.82 Å². The van der Waals surface area contributed by atoms with Crippen LogP contribution in [0.4, 0.5) is 0 Å². The van der Waals surface area contributed by atoms with Crippen LogP contribution in [0.15, 0.2) is 0 Å². The van der Waals surface area contributed by atoms with E-state index in [9.17, 15) is 9.46 Å². The van der Waals surface area contributed by atoms with Gasteiger partial charge < -0.3 is 9.38 Å². The number of nitrogens with zero attached hydrogens (tertiary/aromatic N) is 1. The van der Waals surface area contributed by atoms with Crippen molar-refractivity contribution in [2.75, 3.05) is 26.7 Å². The van der Waals surface area contributed by atoms with Crippen molar-refractivity contribution in [1.29, 1.82) is 0 Å². The van der Waals surface area contributed by atoms with Gasteiger partial charge in [0.1, 0.15) is 0 Å². The molecule has 1 aliphatic heterocycles. The maximum Gasteiger partial charge on any atom is 0.472 e. The molecule has 1 heterocycles. The molecular weight excluding hydrogens is 445 g/mol. The van der Waals surface area contributed by atoms with Gasteiger partial charge in [0.2, 0.25) is 0 Å². The lowest BCUT2D eigenvalue weighted by Gasteiger charge is -2.44. The second kappa shape index (κ2) is 19.2. The number of likely N-dealkylation sites (tertiary alicyclic amines) is 1. The summed E-state index contributed by atoms with van der Waals surface area (Å²) in [6.45, 7) is 9.11. The van der Waals surface area contributed by atoms with Gasteiger partial charge in [0.25, 0.3) is 0 Å². The molecule has 0 amide bonds. The predicted molar refractivity (Wildman–Crippen MR) is 145 cm³/mol. The second-order valence-corrected chi connectivity index (χ2v) is 12.5. The average molecular weight is 505 g/mol. The van der Waals surface area contributed by atoms with Crippen LogP contribution in [0, 0.1) is 0 Å². The van der Waals surface area contributed by atoms with Crippen LogP contribution in [0.2, 0.25) is 0 Å². The number of piperidine rings is 1. The minimum atomic E-state index is -3.93. The molecule has 0 aromatic rings. The first kappa shape index (κ1) is 32.1. The summed E-state index contributed by atoms with van der Waals surface area (Å²) >= 11 is 0. The molecule has 204 valence electrons. The fraction of sp³-hybridized carbons (Fsp3) is 1.00. The molecule has 0 aromatic carbocycles. The molecule has 1 saturated heterocycles. The van der Waals surface area contributed by atoms with Crippen LogP contribution in [-0.2, 0) is 13.6 Å². The number of phosphoric acid groups is 1. The SMILES string of the molecule is CCCCCCCCCCCCCCCCCCOP(=O)(O)OC1CC[N+](C)(C(C)CC)CC1. The van der Waals surface area contributed by atoms with Crippen LogP contribution < -0.4 is 0 Å². The molecule has 0 radical (unpaired) electrons. The molecule has 0 aliphatic carbocycles. The standard InChI is InChI=1S/C28H58NO4P/c1-5-7-8-9-10-11-12-13-14-15-16-17-18-19-20-21-26-32-34(30,31)33-28-22-24-29(4,25-23-28)27(3)6-2/h27-28H,5-26H2,1-4H3/p+1. The van der Waals surface area contributed by atoms with Gasteiger partial charge in [-0.25, -0.2) is 4.57 Å². The van der Waals surface area contributed by atoms with E-state index in [1.807, 2.05) is 0 Å². The summed E-state index contributed by atoms with van der Waals surface area (Å²) in [6, 6.07) is 0.619. The summed E-state index contributed by atoms with van der Waals surface area (Å²) in [5, 5.41) is 0. The van der Waals surface area contributed by atoms with Crippen LogP contribution in [0.25, 0.3) is 0 Å². The number of rotatable bonds is 22. The minimum Gasteiger partial charge on any atom is -0.324 e. The van der Waals surface area contributed by atoms with E-state index < -0.39 is 7.82 Å². The second-order valence-electron chi connectivity index (χ2n) is 11.1. The summed E-state index contributed by atoms with van der Waals surface area (Å²) in [5.41, 5.74) is 0. The van der Waals surface area contributed by atoms with Crippen LogP contribution in [0.1, 0.15) is 143 Å². The Hall–Kier alpha value is 0.0700. The van der Waals surface area contributed by atoms with Gasteiger partial charge in [0, 0.05) is 12.8 Å². The molecule has 1 rings (SSSR count). The minimum absolute atomic E-state index is 0.156. The summed E-state index contributed by atoms with van der Waals surface area (Å²) in [6.07, 6.45) is 23.7. The van der Waals surface area contributed by atoms with Gasteiger partial charge in [-0.3, -0.25) is 9.05 Å². The predicted octanol–water partition coefficient (Wildman–Crippen LogP) is 8.79. The number of unbranched alkanes of at least 4 members (excludes halogenated alkanes) is 15. The third-order valence-corrected chi connectivity index (χ3v) is 9.19. The number of quaternary nitrogens is 1. The number of hydrogen-bond donors (Lipinski definition) is 1. The highest BCUT2D eigenvalue weighted by Crippen LogP contribution is 2.46. The molecule has 34 heavy (non-hydrogen) atoms. The summed E-state index contributed by atoms with van der Waals surface area (Å²) in [5.74, 6) is 0. The van der Waals surface area contributed by atoms with E-state index in [0.717, 1.165) is 49.7 Å². The normalized spacial score (nSPS) is 23.6. The van der Waals surface area contributed by atoms with Crippen molar-refractivity contribution in [3.63, 3.8) is 0 Å². The highest BCUT2D eigenvalue weighted by atomic mass is 31.2. The Morgan fingerprint density at radius 1 is 0.794 bits per heavy atom. The monoisotopic (exact) mass is 504 g/mol. The first-order valence-electron chi connectivity index (χ1n) is 14.8. The van der Waals surface area contributed by atoms with Crippen molar-refractivity contribution < 1.29 is 23.0 Å². The molecule has 5 nitrogen and oxygen atoms in total. The molecule has 0 spiro atoms. The third kappa shape index (κ3) is 15.2. The molecule has 0 bridgehead atoms. The topological polar surface area (TPSA) is 55.8 Å². The zero-order valence-corrected chi connectivity index (χ0v) is 24.2. The Kier molecular flexibility index (Phi) is 18.1. The molecule has 0 saturated carbocycles. The maximum atomic E-state index is 12.3. The molecule has 0 aromatic heterocycles. The lowest BCUT2D eigenvalue weighted by Crippen LogP contribution is -2.56. The lowest BCUT2D eigenvalue weighted by atomic mass is 10.0. The highest BCUT2D eigenvalue weighted by Gasteiger charge is 2.37. The zero-order valence-electron chi connectivity index (χ0n) is 23.3. The Balaban J connectivity index is 1.91. The Morgan fingerprint density at radius 2 is 1.21 bits per heavy atom. The summed E-state index contributed by atoms with van der Waals surface area (Å²) in [7, 11) is -1.64. The van der Waals surface area contributed by atoms with Crippen LogP contribution in [0.5, 0.6) is 0 Å². The Morgan fingerprint density at radius 3 is 1.62 bits per heavy atom. The van der Waals surface area contributed by atoms with E-state index in [4.69, 9.17) is 9.05 Å². The maximum absolute atomic E-state index is 12.3. The van der Waals surface area contributed by atoms with E-state index in [-0.39, 0.29) is 6.10 Å². The van der Waals surface area contributed by atoms with E-state index in [0.29, 0.717) is 12.6 Å². The van der Waals surface area contributed by atoms with Gasteiger partial charge >= 0.3 is 7.82 Å². The molecular formula is C28H59NO4P+. The number of phosphoric ester groups is 1. The quantitative estimate of drug-likeness (QED) is 0.0909. The fourth-order valence-electron chi connectivity index (χ4n) is 5.17. The summed E-state index contributed by atoms with van der Waals surface area (Å²) < 4.78 is 24.1. The molecule has 1 aliphatic rings. The first-order valence-corrected chi connectivity index (χ1v) is 16.3. The van der Waals surface area contributed by atoms with Gasteiger partial charge in [-0.05, 0) is 19.8 Å². The molecule has 2 atom stereocenters. The Labute approximate surface area is 212 Å². The third-order valence-electron chi connectivity index (χ3n) is 8.11. The van der Waals surface area contributed by atoms with Crippen LogP contribution in [0.3, 0.4) is 0 Å². The van der Waals surface area contributed by atoms with E-state index in [1.165, 1.54) is 89.9 Å². The molecule has 2 unspecified atom stereocenters. The van der Waals surface area contributed by atoms with Crippen LogP contribution in [-0.4, -0.2) is 48.3 Å². The lowest BCUT2D eigenvalue weighted by molar-refractivity contribution is -0.936. The Bertz CT molecular complexity index is 523. The van der Waals surface area contributed by atoms with Gasteiger partial charge in [0.05, 0.1) is 38.9 Å². The van der Waals surface area contributed by atoms with E-state index in [1.54, 1.807) is 0 Å². The summed E-state index contributed by atoms with van der Waals surface area (Å²) in [4.78, 5) is 10.1. The smallest absolute Gasteiger partial charge is 0.324 e. The van der Waals surface area contributed by atoms with Gasteiger partial charge in [-0.15, -0.1) is 0 Å². The van der Waals surface area contributed by atoms with Crippen molar-refractivity contribution in [2.45, 2.75) is 155 Å². The van der Waals surface area contributed by atoms with Crippen molar-refractivity contribution in [3.05, 3.63) is 0 Å². The largest absolute Gasteiger partial charge is 0.472 e. The van der Waals surface area contributed by atoms with E-state index in [2.05, 4.69) is 27.8 Å². The fourth-order valence-corrected chi connectivity index (χ4v) is 6.18. The first-order chi connectivity index (χ1) is 16.3. The number of hydrogen-bond acceptors (Lipinski definition) is 3. The van der Waals surface area contributed by atoms with Crippen molar-refractivity contribution in [3.8, 4) is 0 Å². The van der Waals surface area contributed by atoms with Crippen molar-refractivity contribution in [2.24, 2.45) is 0 Å². The van der Waals surface area contributed by atoms with Crippen LogP contribution >= 0.6 is 7.82 Å². The zero-order chi connectivity index (χ0) is 25.1. The molecule has 6 heteroatoms. The van der Waals surface area contributed by atoms with Gasteiger partial charge in [0.15, 0.2) is 0 Å². The van der Waals surface area contributed by atoms with E-state index >= 15 is 0 Å².